The van der Waals surface area contributed by atoms with E-state index in [1.807, 2.05) is 17.9 Å². The molecule has 36 heavy (non-hydrogen) atoms. The monoisotopic (exact) mass is 503 g/mol. The number of aromatic nitrogens is 2. The third-order valence-electron chi connectivity index (χ3n) is 6.56. The Morgan fingerprint density at radius 2 is 2.00 bits per heavy atom. The molecule has 5 rings (SSSR count). The van der Waals surface area contributed by atoms with Crippen LogP contribution < -0.4 is 15.1 Å². The van der Waals surface area contributed by atoms with Gasteiger partial charge < -0.3 is 19.5 Å². The lowest BCUT2D eigenvalue weighted by Gasteiger charge is -2.30. The second-order valence-electron chi connectivity index (χ2n) is 9.27. The van der Waals surface area contributed by atoms with Crippen molar-refractivity contribution >= 4 is 23.4 Å². The lowest BCUT2D eigenvalue weighted by molar-refractivity contribution is -0.141. The molecule has 1 unspecified atom stereocenters. The van der Waals surface area contributed by atoms with Crippen molar-refractivity contribution in [1.82, 2.24) is 9.97 Å². The lowest BCUT2D eigenvalue weighted by atomic mass is 9.99. The summed E-state index contributed by atoms with van der Waals surface area (Å²) >= 11 is 0. The lowest BCUT2D eigenvalue weighted by Crippen LogP contribution is -2.34. The van der Waals surface area contributed by atoms with Crippen LogP contribution in [0.25, 0.3) is 0 Å². The summed E-state index contributed by atoms with van der Waals surface area (Å²) in [4.78, 5) is 24.3. The van der Waals surface area contributed by atoms with E-state index in [4.69, 9.17) is 4.42 Å². The molecular weight excluding hydrogens is 478 g/mol. The van der Waals surface area contributed by atoms with Gasteiger partial charge in [0.25, 0.3) is 11.9 Å². The fourth-order valence-electron chi connectivity index (χ4n) is 4.75. The summed E-state index contributed by atoms with van der Waals surface area (Å²) in [5, 5.41) is 2.43. The van der Waals surface area contributed by atoms with Crippen molar-refractivity contribution in [3.05, 3.63) is 64.9 Å². The number of benzene rings is 1. The Morgan fingerprint density at radius 1 is 1.17 bits per heavy atom. The van der Waals surface area contributed by atoms with Crippen LogP contribution in [0.5, 0.6) is 0 Å². The first-order valence-electron chi connectivity index (χ1n) is 11.8. The number of nitrogens with zero attached hydrogens (tertiary/aromatic N) is 4. The summed E-state index contributed by atoms with van der Waals surface area (Å²) in [5.41, 5.74) is 0.440. The van der Waals surface area contributed by atoms with Gasteiger partial charge in [0.15, 0.2) is 5.69 Å². The van der Waals surface area contributed by atoms with Gasteiger partial charge in [0, 0.05) is 26.2 Å². The highest BCUT2D eigenvalue weighted by Crippen LogP contribution is 2.35. The van der Waals surface area contributed by atoms with Gasteiger partial charge in [-0.3, -0.25) is 4.79 Å². The molecule has 2 aliphatic heterocycles. The molecule has 1 fully saturated rings. The van der Waals surface area contributed by atoms with E-state index in [1.165, 1.54) is 12.3 Å². The molecule has 0 saturated carbocycles. The molecule has 3 aromatic rings. The largest absolute Gasteiger partial charge is 0.437 e. The smallest absolute Gasteiger partial charge is 0.417 e. The number of nitrogens with one attached hydrogen (secondary N) is 1. The van der Waals surface area contributed by atoms with Crippen LogP contribution in [0.2, 0.25) is 0 Å². The summed E-state index contributed by atoms with van der Waals surface area (Å²) in [5.74, 6) is -1.26. The van der Waals surface area contributed by atoms with Crippen LogP contribution in [0.15, 0.2) is 40.9 Å². The fourth-order valence-corrected chi connectivity index (χ4v) is 4.75. The SMILES string of the molecule is CC1CCCN(c2nc(C(F)(F)F)c(C(=O)Nc3ccc(N4CCc5c(F)cccc5C4)nc3)o2)C1. The number of hydrogen-bond donors (Lipinski definition) is 1. The normalized spacial score (nSPS) is 18.2. The number of carbonyl (C=O) groups is 1. The molecule has 2 aromatic heterocycles. The second-order valence-corrected chi connectivity index (χ2v) is 9.27. The fraction of sp³-hybridized carbons (Fsp3) is 0.400. The zero-order chi connectivity index (χ0) is 25.4. The maximum atomic E-state index is 14.0. The molecule has 0 spiro atoms. The van der Waals surface area contributed by atoms with Crippen LogP contribution in [-0.2, 0) is 19.1 Å². The Bertz CT molecular complexity index is 1260. The average molecular weight is 504 g/mol. The molecule has 1 aromatic carbocycles. The van der Waals surface area contributed by atoms with E-state index in [0.29, 0.717) is 44.0 Å². The van der Waals surface area contributed by atoms with Crippen LogP contribution in [0.3, 0.4) is 0 Å². The Balaban J connectivity index is 1.31. The maximum Gasteiger partial charge on any atom is 0.437 e. The Labute approximate surface area is 205 Å². The molecule has 1 amide bonds. The number of piperidine rings is 1. The van der Waals surface area contributed by atoms with E-state index >= 15 is 0 Å². The van der Waals surface area contributed by atoms with Gasteiger partial charge in [0.05, 0.1) is 11.9 Å². The molecule has 1 atom stereocenters. The number of alkyl halides is 3. The standard InChI is InChI=1S/C25H25F4N5O2/c1-15-4-3-10-34(13-15)24-32-22(25(27,28)29)21(36-24)23(35)31-17-7-8-20(30-12-17)33-11-9-18-16(14-33)5-2-6-19(18)26/h2,5-8,12,15H,3-4,9-11,13-14H2,1H3,(H,31,35). The van der Waals surface area contributed by atoms with E-state index in [9.17, 15) is 22.4 Å². The molecule has 190 valence electrons. The maximum absolute atomic E-state index is 14.0. The van der Waals surface area contributed by atoms with Gasteiger partial charge in [0.1, 0.15) is 11.6 Å². The van der Waals surface area contributed by atoms with Crippen LogP contribution in [0.1, 0.15) is 47.1 Å². The number of rotatable bonds is 4. The van der Waals surface area contributed by atoms with Crippen molar-refractivity contribution in [1.29, 1.82) is 0 Å². The van der Waals surface area contributed by atoms with Crippen molar-refractivity contribution in [3.8, 4) is 0 Å². The molecule has 2 aliphatic rings. The summed E-state index contributed by atoms with van der Waals surface area (Å²) in [7, 11) is 0. The van der Waals surface area contributed by atoms with E-state index < -0.39 is 23.5 Å². The third kappa shape index (κ3) is 4.87. The second kappa shape index (κ2) is 9.44. The average Bonchev–Trinajstić information content (AvgIpc) is 3.31. The van der Waals surface area contributed by atoms with Gasteiger partial charge in [-0.05, 0) is 54.5 Å². The zero-order valence-electron chi connectivity index (χ0n) is 19.6. The molecule has 11 heteroatoms. The van der Waals surface area contributed by atoms with Gasteiger partial charge in [-0.25, -0.2) is 9.37 Å². The molecule has 4 heterocycles. The predicted molar refractivity (Wildman–Crippen MR) is 125 cm³/mol. The highest BCUT2D eigenvalue weighted by atomic mass is 19.4. The van der Waals surface area contributed by atoms with Crippen LogP contribution in [-0.4, -0.2) is 35.5 Å². The van der Waals surface area contributed by atoms with Gasteiger partial charge in [-0.1, -0.05) is 19.1 Å². The number of halogens is 4. The first-order chi connectivity index (χ1) is 17.2. The quantitative estimate of drug-likeness (QED) is 0.489. The molecule has 0 radical (unpaired) electrons. The molecule has 1 saturated heterocycles. The summed E-state index contributed by atoms with van der Waals surface area (Å²) in [6.45, 7) is 4.08. The summed E-state index contributed by atoms with van der Waals surface area (Å²) < 4.78 is 60.2. The number of oxazole rings is 1. The van der Waals surface area contributed by atoms with Gasteiger partial charge in [-0.15, -0.1) is 0 Å². The van der Waals surface area contributed by atoms with Crippen molar-refractivity contribution in [2.45, 2.75) is 38.9 Å². The Kier molecular flexibility index (Phi) is 6.31. The van der Waals surface area contributed by atoms with Crippen molar-refractivity contribution in [3.63, 3.8) is 0 Å². The number of hydrogen-bond acceptors (Lipinski definition) is 6. The Morgan fingerprint density at radius 3 is 2.72 bits per heavy atom. The van der Waals surface area contributed by atoms with E-state index in [2.05, 4.69) is 15.3 Å². The first kappa shape index (κ1) is 24.1. The molecule has 0 bridgehead atoms. The number of carbonyl (C=O) groups excluding carboxylic acids is 1. The van der Waals surface area contributed by atoms with E-state index in [1.54, 1.807) is 23.1 Å². The molecular formula is C25H25F4N5O2. The van der Waals surface area contributed by atoms with Crippen LogP contribution >= 0.6 is 0 Å². The minimum Gasteiger partial charge on any atom is -0.417 e. The van der Waals surface area contributed by atoms with E-state index in [0.717, 1.165) is 18.4 Å². The first-order valence-corrected chi connectivity index (χ1v) is 11.8. The van der Waals surface area contributed by atoms with Gasteiger partial charge in [0.2, 0.25) is 5.76 Å². The summed E-state index contributed by atoms with van der Waals surface area (Å²) in [6, 6.07) is 7.99. The van der Waals surface area contributed by atoms with Crippen molar-refractivity contribution in [2.75, 3.05) is 34.8 Å². The number of fused-ring (bicyclic) bond motifs is 1. The number of pyridine rings is 1. The van der Waals surface area contributed by atoms with Gasteiger partial charge in [-0.2, -0.15) is 18.2 Å². The predicted octanol–water partition coefficient (Wildman–Crippen LogP) is 5.28. The highest BCUT2D eigenvalue weighted by Gasteiger charge is 2.42. The van der Waals surface area contributed by atoms with Crippen LogP contribution in [0.4, 0.5) is 35.1 Å². The van der Waals surface area contributed by atoms with Gasteiger partial charge >= 0.3 is 6.18 Å². The van der Waals surface area contributed by atoms with Crippen LogP contribution in [0, 0.1) is 11.7 Å². The third-order valence-corrected chi connectivity index (χ3v) is 6.56. The minimum atomic E-state index is -4.85. The summed E-state index contributed by atoms with van der Waals surface area (Å²) in [6.07, 6.45) is -1.17. The zero-order valence-corrected chi connectivity index (χ0v) is 19.6. The van der Waals surface area contributed by atoms with E-state index in [-0.39, 0.29) is 23.4 Å². The minimum absolute atomic E-state index is 0.200. The topological polar surface area (TPSA) is 74.5 Å². The molecule has 7 nitrogen and oxygen atoms in total. The Hall–Kier alpha value is -3.63. The van der Waals surface area contributed by atoms with Crippen molar-refractivity contribution < 1.29 is 26.8 Å². The highest BCUT2D eigenvalue weighted by molar-refractivity contribution is 6.03. The van der Waals surface area contributed by atoms with Crippen molar-refractivity contribution in [2.24, 2.45) is 5.92 Å². The molecule has 1 N–H and O–H groups in total. The molecule has 0 aliphatic carbocycles. The number of anilines is 3. The number of amides is 1.